The SMILES string of the molecule is CCC(NCCC(=O)N(CC)CC)c1ccco1. The van der Waals surface area contributed by atoms with Crippen molar-refractivity contribution in [2.45, 2.75) is 39.7 Å². The summed E-state index contributed by atoms with van der Waals surface area (Å²) in [4.78, 5) is 13.7. The van der Waals surface area contributed by atoms with Crippen LogP contribution in [0.25, 0.3) is 0 Å². The van der Waals surface area contributed by atoms with E-state index in [1.54, 1.807) is 6.26 Å². The van der Waals surface area contributed by atoms with Crippen LogP contribution in [-0.4, -0.2) is 30.4 Å². The maximum Gasteiger partial charge on any atom is 0.223 e. The van der Waals surface area contributed by atoms with Crippen LogP contribution < -0.4 is 5.32 Å². The molecule has 0 saturated heterocycles. The highest BCUT2D eigenvalue weighted by Crippen LogP contribution is 2.16. The number of rotatable bonds is 8. The number of amides is 1. The lowest BCUT2D eigenvalue weighted by atomic mass is 10.1. The number of hydrogen-bond acceptors (Lipinski definition) is 3. The third-order valence-electron chi connectivity index (χ3n) is 3.14. The predicted octanol–water partition coefficient (Wildman–Crippen LogP) is 2.58. The van der Waals surface area contributed by atoms with Crippen LogP contribution in [0, 0.1) is 0 Å². The first kappa shape index (κ1) is 14.8. The van der Waals surface area contributed by atoms with Crippen molar-refractivity contribution in [3.63, 3.8) is 0 Å². The van der Waals surface area contributed by atoms with Gasteiger partial charge in [0, 0.05) is 26.1 Å². The minimum absolute atomic E-state index is 0.199. The Balaban J connectivity index is 2.34. The molecule has 0 aliphatic carbocycles. The van der Waals surface area contributed by atoms with E-state index in [1.165, 1.54) is 0 Å². The Bertz CT molecular complexity index is 332. The van der Waals surface area contributed by atoms with Gasteiger partial charge in [-0.1, -0.05) is 6.92 Å². The average molecular weight is 252 g/mol. The standard InChI is InChI=1S/C14H24N2O2/c1-4-12(13-8-7-11-18-13)15-10-9-14(17)16(5-2)6-3/h7-8,11-12,15H,4-6,9-10H2,1-3H3. The number of carbonyl (C=O) groups is 1. The second-order valence-electron chi connectivity index (χ2n) is 4.25. The third-order valence-corrected chi connectivity index (χ3v) is 3.14. The quantitative estimate of drug-likeness (QED) is 0.773. The zero-order chi connectivity index (χ0) is 13.4. The van der Waals surface area contributed by atoms with E-state index in [1.807, 2.05) is 30.9 Å². The van der Waals surface area contributed by atoms with Gasteiger partial charge in [-0.15, -0.1) is 0 Å². The number of hydrogen-bond donors (Lipinski definition) is 1. The Hall–Kier alpha value is -1.29. The Morgan fingerprint density at radius 1 is 1.39 bits per heavy atom. The van der Waals surface area contributed by atoms with Crippen molar-refractivity contribution in [3.05, 3.63) is 24.2 Å². The highest BCUT2D eigenvalue weighted by molar-refractivity contribution is 5.76. The number of carbonyl (C=O) groups excluding carboxylic acids is 1. The van der Waals surface area contributed by atoms with E-state index in [9.17, 15) is 4.79 Å². The third kappa shape index (κ3) is 4.18. The van der Waals surface area contributed by atoms with Gasteiger partial charge in [-0.2, -0.15) is 0 Å². The molecule has 1 amide bonds. The molecule has 0 aliphatic rings. The van der Waals surface area contributed by atoms with Gasteiger partial charge < -0.3 is 14.6 Å². The summed E-state index contributed by atoms with van der Waals surface area (Å²) < 4.78 is 5.38. The van der Waals surface area contributed by atoms with Gasteiger partial charge in [0.15, 0.2) is 0 Å². The van der Waals surface area contributed by atoms with Crippen molar-refractivity contribution in [2.24, 2.45) is 0 Å². The lowest BCUT2D eigenvalue weighted by molar-refractivity contribution is -0.130. The fourth-order valence-electron chi connectivity index (χ4n) is 2.02. The summed E-state index contributed by atoms with van der Waals surface area (Å²) in [7, 11) is 0. The Morgan fingerprint density at radius 3 is 2.61 bits per heavy atom. The average Bonchev–Trinajstić information content (AvgIpc) is 2.90. The normalized spacial score (nSPS) is 12.4. The van der Waals surface area contributed by atoms with Gasteiger partial charge in [-0.3, -0.25) is 4.79 Å². The molecule has 1 N–H and O–H groups in total. The second kappa shape index (κ2) is 7.93. The van der Waals surface area contributed by atoms with Crippen molar-refractivity contribution in [2.75, 3.05) is 19.6 Å². The molecule has 0 aliphatic heterocycles. The van der Waals surface area contributed by atoms with Crippen LogP contribution in [-0.2, 0) is 4.79 Å². The van der Waals surface area contributed by atoms with Crippen molar-refractivity contribution in [3.8, 4) is 0 Å². The first-order chi connectivity index (χ1) is 8.72. The van der Waals surface area contributed by atoms with Crippen LogP contribution in [0.2, 0.25) is 0 Å². The van der Waals surface area contributed by atoms with Crippen LogP contribution in [0.1, 0.15) is 45.4 Å². The number of furan rings is 1. The van der Waals surface area contributed by atoms with Crippen molar-refractivity contribution in [1.82, 2.24) is 10.2 Å². The number of nitrogens with one attached hydrogen (secondary N) is 1. The van der Waals surface area contributed by atoms with Crippen LogP contribution in [0.4, 0.5) is 0 Å². The number of nitrogens with zero attached hydrogens (tertiary/aromatic N) is 1. The van der Waals surface area contributed by atoms with E-state index in [0.29, 0.717) is 13.0 Å². The van der Waals surface area contributed by atoms with Gasteiger partial charge in [-0.25, -0.2) is 0 Å². The van der Waals surface area contributed by atoms with E-state index >= 15 is 0 Å². The Labute approximate surface area is 109 Å². The summed E-state index contributed by atoms with van der Waals surface area (Å²) >= 11 is 0. The largest absolute Gasteiger partial charge is 0.468 e. The van der Waals surface area contributed by atoms with Crippen LogP contribution >= 0.6 is 0 Å². The molecule has 1 rings (SSSR count). The smallest absolute Gasteiger partial charge is 0.223 e. The molecule has 0 fully saturated rings. The maximum absolute atomic E-state index is 11.8. The molecule has 0 saturated carbocycles. The van der Waals surface area contributed by atoms with Gasteiger partial charge in [0.1, 0.15) is 5.76 Å². The maximum atomic E-state index is 11.8. The minimum Gasteiger partial charge on any atom is -0.468 e. The first-order valence-corrected chi connectivity index (χ1v) is 6.77. The highest BCUT2D eigenvalue weighted by Gasteiger charge is 2.13. The summed E-state index contributed by atoms with van der Waals surface area (Å²) in [5.74, 6) is 1.15. The summed E-state index contributed by atoms with van der Waals surface area (Å²) in [6.45, 7) is 8.37. The van der Waals surface area contributed by atoms with Crippen molar-refractivity contribution < 1.29 is 9.21 Å². The molecule has 0 radical (unpaired) electrons. The van der Waals surface area contributed by atoms with Gasteiger partial charge in [0.25, 0.3) is 0 Å². The lowest BCUT2D eigenvalue weighted by Gasteiger charge is -2.20. The molecule has 1 aromatic heterocycles. The molecular formula is C14H24N2O2. The predicted molar refractivity (Wildman–Crippen MR) is 72.3 cm³/mol. The molecule has 1 unspecified atom stereocenters. The topological polar surface area (TPSA) is 45.5 Å². The zero-order valence-electron chi connectivity index (χ0n) is 11.6. The first-order valence-electron chi connectivity index (χ1n) is 6.77. The molecule has 4 heteroatoms. The van der Waals surface area contributed by atoms with E-state index in [0.717, 1.165) is 25.3 Å². The Morgan fingerprint density at radius 2 is 2.11 bits per heavy atom. The molecule has 1 atom stereocenters. The Kier molecular flexibility index (Phi) is 6.50. The van der Waals surface area contributed by atoms with E-state index in [2.05, 4.69) is 12.2 Å². The van der Waals surface area contributed by atoms with Crippen LogP contribution in [0.3, 0.4) is 0 Å². The molecule has 1 aromatic rings. The van der Waals surface area contributed by atoms with E-state index < -0.39 is 0 Å². The molecular weight excluding hydrogens is 228 g/mol. The molecule has 102 valence electrons. The second-order valence-corrected chi connectivity index (χ2v) is 4.25. The molecule has 18 heavy (non-hydrogen) atoms. The van der Waals surface area contributed by atoms with Crippen molar-refractivity contribution in [1.29, 1.82) is 0 Å². The molecule has 1 heterocycles. The van der Waals surface area contributed by atoms with Gasteiger partial charge in [0.05, 0.1) is 12.3 Å². The summed E-state index contributed by atoms with van der Waals surface area (Å²) in [6, 6.07) is 4.05. The fourth-order valence-corrected chi connectivity index (χ4v) is 2.02. The zero-order valence-corrected chi connectivity index (χ0v) is 11.6. The summed E-state index contributed by atoms with van der Waals surface area (Å²) in [5, 5.41) is 3.36. The molecule has 4 nitrogen and oxygen atoms in total. The van der Waals surface area contributed by atoms with Crippen LogP contribution in [0.15, 0.2) is 22.8 Å². The summed E-state index contributed by atoms with van der Waals surface area (Å²) in [5.41, 5.74) is 0. The molecule has 0 bridgehead atoms. The van der Waals surface area contributed by atoms with Crippen LogP contribution in [0.5, 0.6) is 0 Å². The lowest BCUT2D eigenvalue weighted by Crippen LogP contribution is -2.33. The minimum atomic E-state index is 0.199. The molecule has 0 aromatic carbocycles. The van der Waals surface area contributed by atoms with Gasteiger partial charge >= 0.3 is 0 Å². The molecule has 0 spiro atoms. The highest BCUT2D eigenvalue weighted by atomic mass is 16.3. The van der Waals surface area contributed by atoms with E-state index in [4.69, 9.17) is 4.42 Å². The van der Waals surface area contributed by atoms with Gasteiger partial charge in [-0.05, 0) is 32.4 Å². The summed E-state index contributed by atoms with van der Waals surface area (Å²) in [6.07, 6.45) is 3.17. The van der Waals surface area contributed by atoms with Crippen molar-refractivity contribution >= 4 is 5.91 Å². The fraction of sp³-hybridized carbons (Fsp3) is 0.643. The van der Waals surface area contributed by atoms with E-state index in [-0.39, 0.29) is 11.9 Å². The van der Waals surface area contributed by atoms with Gasteiger partial charge in [0.2, 0.25) is 5.91 Å². The monoisotopic (exact) mass is 252 g/mol.